The summed E-state index contributed by atoms with van der Waals surface area (Å²) in [6.45, 7) is 0. The van der Waals surface area contributed by atoms with E-state index in [1.165, 1.54) is 12.1 Å². The fourth-order valence-electron chi connectivity index (χ4n) is 1.58. The van der Waals surface area contributed by atoms with Crippen LogP contribution in [0.15, 0.2) is 36.9 Å². The fraction of sp³-hybridized carbons (Fsp3) is 0.0833. The van der Waals surface area contributed by atoms with Crippen LogP contribution in [0.2, 0.25) is 0 Å². The van der Waals surface area contributed by atoms with Crippen molar-refractivity contribution in [1.82, 2.24) is 14.8 Å². The van der Waals surface area contributed by atoms with Gasteiger partial charge in [0.15, 0.2) is 0 Å². The van der Waals surface area contributed by atoms with E-state index in [2.05, 4.69) is 10.1 Å². The molecular formula is C12H8F3N3O2. The molecule has 0 atom stereocenters. The second-order valence-corrected chi connectivity index (χ2v) is 3.79. The number of rotatable bonds is 3. The van der Waals surface area contributed by atoms with Crippen molar-refractivity contribution in [3.05, 3.63) is 48.1 Å². The summed E-state index contributed by atoms with van der Waals surface area (Å²) in [5.74, 6) is -1.24. The van der Waals surface area contributed by atoms with E-state index < -0.39 is 17.7 Å². The minimum atomic E-state index is -4.59. The first kappa shape index (κ1) is 13.8. The fourth-order valence-corrected chi connectivity index (χ4v) is 1.58. The SMILES string of the molecule is O=C(O)/C=C/c1ccc(-n2cncn2)c(C(F)(F)F)c1. The van der Waals surface area contributed by atoms with Gasteiger partial charge in [0.2, 0.25) is 0 Å². The topological polar surface area (TPSA) is 68.0 Å². The normalized spacial score (nSPS) is 11.9. The van der Waals surface area contributed by atoms with Gasteiger partial charge in [-0.25, -0.2) is 14.5 Å². The molecule has 1 heterocycles. The van der Waals surface area contributed by atoms with E-state index in [1.54, 1.807) is 0 Å². The number of hydrogen-bond acceptors (Lipinski definition) is 3. The molecular weight excluding hydrogens is 275 g/mol. The number of benzene rings is 1. The highest BCUT2D eigenvalue weighted by Gasteiger charge is 2.34. The molecule has 0 radical (unpaired) electrons. The standard InChI is InChI=1S/C12H8F3N3O2/c13-12(14,15)9-5-8(2-4-11(19)20)1-3-10(9)18-7-16-6-17-18/h1-7H,(H,19,20)/b4-2+. The molecule has 0 spiro atoms. The van der Waals surface area contributed by atoms with Crippen LogP contribution in [-0.2, 0) is 11.0 Å². The van der Waals surface area contributed by atoms with E-state index in [0.717, 1.165) is 35.6 Å². The van der Waals surface area contributed by atoms with Crippen LogP contribution in [0.1, 0.15) is 11.1 Å². The molecule has 5 nitrogen and oxygen atoms in total. The van der Waals surface area contributed by atoms with Gasteiger partial charge in [0.05, 0.1) is 11.3 Å². The molecule has 8 heteroatoms. The van der Waals surface area contributed by atoms with Crippen molar-refractivity contribution in [2.75, 3.05) is 0 Å². The lowest BCUT2D eigenvalue weighted by Gasteiger charge is -2.13. The maximum atomic E-state index is 13.0. The largest absolute Gasteiger partial charge is 0.478 e. The zero-order valence-electron chi connectivity index (χ0n) is 9.87. The van der Waals surface area contributed by atoms with Gasteiger partial charge in [-0.2, -0.15) is 18.3 Å². The van der Waals surface area contributed by atoms with Gasteiger partial charge in [0.25, 0.3) is 0 Å². The molecule has 2 rings (SSSR count). The summed E-state index contributed by atoms with van der Waals surface area (Å²) in [5, 5.41) is 12.1. The lowest BCUT2D eigenvalue weighted by molar-refractivity contribution is -0.137. The second-order valence-electron chi connectivity index (χ2n) is 3.79. The Bertz CT molecular complexity index is 648. The Hall–Kier alpha value is -2.64. The van der Waals surface area contributed by atoms with Gasteiger partial charge in [0, 0.05) is 6.08 Å². The van der Waals surface area contributed by atoms with E-state index in [9.17, 15) is 18.0 Å². The number of aliphatic carboxylic acids is 1. The molecule has 104 valence electrons. The van der Waals surface area contributed by atoms with Gasteiger partial charge in [0.1, 0.15) is 12.7 Å². The van der Waals surface area contributed by atoms with Crippen LogP contribution >= 0.6 is 0 Å². The highest BCUT2D eigenvalue weighted by atomic mass is 19.4. The molecule has 0 aliphatic rings. The Labute approximate surface area is 111 Å². The molecule has 0 aliphatic heterocycles. The summed E-state index contributed by atoms with van der Waals surface area (Å²) in [5.41, 5.74) is -0.971. The number of carbonyl (C=O) groups is 1. The molecule has 1 N–H and O–H groups in total. The zero-order chi connectivity index (χ0) is 14.8. The Balaban J connectivity index is 2.52. The van der Waals surface area contributed by atoms with Crippen molar-refractivity contribution in [3.8, 4) is 5.69 Å². The van der Waals surface area contributed by atoms with Crippen LogP contribution in [0.3, 0.4) is 0 Å². The maximum Gasteiger partial charge on any atom is 0.418 e. The number of hydrogen-bond donors (Lipinski definition) is 1. The predicted octanol–water partition coefficient (Wildman–Crippen LogP) is 2.38. The number of carboxylic acid groups (broad SMARTS) is 1. The number of halogens is 3. The number of nitrogens with zero attached hydrogens (tertiary/aromatic N) is 3. The van der Waals surface area contributed by atoms with Gasteiger partial charge in [-0.05, 0) is 23.8 Å². The lowest BCUT2D eigenvalue weighted by Crippen LogP contribution is -2.11. The molecule has 20 heavy (non-hydrogen) atoms. The third kappa shape index (κ3) is 3.02. The van der Waals surface area contributed by atoms with Crippen LogP contribution in [0, 0.1) is 0 Å². The first-order chi connectivity index (χ1) is 9.38. The van der Waals surface area contributed by atoms with Gasteiger partial charge in [-0.1, -0.05) is 6.07 Å². The molecule has 0 unspecified atom stereocenters. The van der Waals surface area contributed by atoms with E-state index in [1.807, 2.05) is 0 Å². The first-order valence-electron chi connectivity index (χ1n) is 5.35. The Kier molecular flexibility index (Phi) is 3.55. The minimum absolute atomic E-state index is 0.128. The number of aromatic nitrogens is 3. The summed E-state index contributed by atoms with van der Waals surface area (Å²) >= 11 is 0. The second kappa shape index (κ2) is 5.16. The van der Waals surface area contributed by atoms with Crippen molar-refractivity contribution in [2.45, 2.75) is 6.18 Å². The molecule has 0 aliphatic carbocycles. The molecule has 2 aromatic rings. The average Bonchev–Trinajstić information content (AvgIpc) is 2.88. The third-order valence-corrected chi connectivity index (χ3v) is 2.41. The Morgan fingerprint density at radius 1 is 1.35 bits per heavy atom. The molecule has 0 amide bonds. The van der Waals surface area contributed by atoms with Crippen molar-refractivity contribution in [2.24, 2.45) is 0 Å². The summed E-state index contributed by atoms with van der Waals surface area (Å²) < 4.78 is 40.0. The summed E-state index contributed by atoms with van der Waals surface area (Å²) in [6, 6.07) is 3.43. The van der Waals surface area contributed by atoms with Crippen LogP contribution in [0.25, 0.3) is 11.8 Å². The van der Waals surface area contributed by atoms with Gasteiger partial charge >= 0.3 is 12.1 Å². The van der Waals surface area contributed by atoms with Crippen molar-refractivity contribution in [3.63, 3.8) is 0 Å². The van der Waals surface area contributed by atoms with E-state index in [4.69, 9.17) is 5.11 Å². The van der Waals surface area contributed by atoms with Crippen LogP contribution < -0.4 is 0 Å². The maximum absolute atomic E-state index is 13.0. The van der Waals surface area contributed by atoms with Crippen molar-refractivity contribution < 1.29 is 23.1 Å². The van der Waals surface area contributed by atoms with Crippen LogP contribution in [0.5, 0.6) is 0 Å². The highest BCUT2D eigenvalue weighted by molar-refractivity contribution is 5.85. The third-order valence-electron chi connectivity index (χ3n) is 2.41. The van der Waals surface area contributed by atoms with Gasteiger partial charge < -0.3 is 5.11 Å². The quantitative estimate of drug-likeness (QED) is 0.878. The van der Waals surface area contributed by atoms with E-state index >= 15 is 0 Å². The van der Waals surface area contributed by atoms with Gasteiger partial charge in [-0.15, -0.1) is 0 Å². The first-order valence-corrected chi connectivity index (χ1v) is 5.35. The summed E-state index contributed by atoms with van der Waals surface area (Å²) in [7, 11) is 0. The van der Waals surface area contributed by atoms with Crippen molar-refractivity contribution in [1.29, 1.82) is 0 Å². The highest BCUT2D eigenvalue weighted by Crippen LogP contribution is 2.34. The number of alkyl halides is 3. The smallest absolute Gasteiger partial charge is 0.418 e. The summed E-state index contributed by atoms with van der Waals surface area (Å²) in [4.78, 5) is 14.0. The average molecular weight is 283 g/mol. The molecule has 0 saturated heterocycles. The number of carboxylic acids is 1. The lowest BCUT2D eigenvalue weighted by atomic mass is 10.1. The minimum Gasteiger partial charge on any atom is -0.478 e. The Morgan fingerprint density at radius 3 is 2.65 bits per heavy atom. The molecule has 0 saturated carbocycles. The molecule has 1 aromatic carbocycles. The summed E-state index contributed by atoms with van der Waals surface area (Å²) in [6.07, 6.45) is -0.461. The van der Waals surface area contributed by atoms with E-state index in [-0.39, 0.29) is 11.3 Å². The Morgan fingerprint density at radius 2 is 2.10 bits per heavy atom. The predicted molar refractivity (Wildman–Crippen MR) is 63.0 cm³/mol. The monoisotopic (exact) mass is 283 g/mol. The zero-order valence-corrected chi connectivity index (χ0v) is 9.87. The van der Waals surface area contributed by atoms with E-state index in [0.29, 0.717) is 0 Å². The van der Waals surface area contributed by atoms with Crippen LogP contribution in [0.4, 0.5) is 13.2 Å². The molecule has 0 bridgehead atoms. The van der Waals surface area contributed by atoms with Crippen molar-refractivity contribution >= 4 is 12.0 Å². The molecule has 0 fully saturated rings. The van der Waals surface area contributed by atoms with Crippen LogP contribution in [-0.4, -0.2) is 25.8 Å². The van der Waals surface area contributed by atoms with Gasteiger partial charge in [-0.3, -0.25) is 0 Å². The molecule has 1 aromatic heterocycles.